The molecule has 112 valence electrons. The van der Waals surface area contributed by atoms with Gasteiger partial charge < -0.3 is 4.74 Å². The third-order valence-corrected chi connectivity index (χ3v) is 4.53. The van der Waals surface area contributed by atoms with Crippen LogP contribution in [-0.4, -0.2) is 37.4 Å². The van der Waals surface area contributed by atoms with Crippen LogP contribution in [0.1, 0.15) is 22.2 Å². The summed E-state index contributed by atoms with van der Waals surface area (Å²) in [4.78, 5) is 15.7. The van der Waals surface area contributed by atoms with Crippen molar-refractivity contribution in [2.24, 2.45) is 0 Å². The summed E-state index contributed by atoms with van der Waals surface area (Å²) in [5.74, 6) is 0.907. The fourth-order valence-electron chi connectivity index (χ4n) is 2.13. The molecule has 0 radical (unpaired) electrons. The second-order valence-electron chi connectivity index (χ2n) is 5.20. The quantitative estimate of drug-likeness (QED) is 0.733. The van der Waals surface area contributed by atoms with Gasteiger partial charge in [0, 0.05) is 16.5 Å². The first-order valence-electron chi connectivity index (χ1n) is 7.00. The van der Waals surface area contributed by atoms with Gasteiger partial charge >= 0.3 is 0 Å². The smallest absolute Gasteiger partial charge is 0.176 e. The summed E-state index contributed by atoms with van der Waals surface area (Å²) in [6.07, 6.45) is 0.976. The maximum absolute atomic E-state index is 12.3. The van der Waals surface area contributed by atoms with Crippen molar-refractivity contribution in [1.82, 2.24) is 4.90 Å². The second-order valence-corrected chi connectivity index (χ2v) is 6.23. The Morgan fingerprint density at radius 2 is 2.00 bits per heavy atom. The van der Waals surface area contributed by atoms with Crippen molar-refractivity contribution >= 4 is 17.1 Å². The van der Waals surface area contributed by atoms with Crippen molar-refractivity contribution in [2.45, 2.75) is 19.4 Å². The van der Waals surface area contributed by atoms with Crippen LogP contribution in [0.4, 0.5) is 0 Å². The van der Waals surface area contributed by atoms with E-state index in [9.17, 15) is 4.79 Å². The van der Waals surface area contributed by atoms with Gasteiger partial charge in [-0.1, -0.05) is 6.07 Å². The zero-order chi connectivity index (χ0) is 15.2. The molecular weight excluding hydrogens is 282 g/mol. The molecule has 0 N–H and O–H groups in total. The standard InChI is InChI=1S/C17H21NO2S/c1-13(11-16-5-4-10-21-16)18(2)12-17(19)14-6-8-15(20-3)9-7-14/h4-10,13H,11-12H2,1-3H3. The van der Waals surface area contributed by atoms with Crippen LogP contribution in [0.2, 0.25) is 0 Å². The van der Waals surface area contributed by atoms with Crippen molar-refractivity contribution in [2.75, 3.05) is 20.7 Å². The summed E-state index contributed by atoms with van der Waals surface area (Å²) in [6.45, 7) is 2.58. The van der Waals surface area contributed by atoms with Crippen LogP contribution in [0.15, 0.2) is 41.8 Å². The first kappa shape index (κ1) is 15.7. The van der Waals surface area contributed by atoms with E-state index in [4.69, 9.17) is 4.74 Å². The van der Waals surface area contributed by atoms with Gasteiger partial charge in [0.15, 0.2) is 5.78 Å². The number of thiophene rings is 1. The van der Waals surface area contributed by atoms with E-state index >= 15 is 0 Å². The molecule has 2 rings (SSSR count). The van der Waals surface area contributed by atoms with Gasteiger partial charge in [0.05, 0.1) is 13.7 Å². The van der Waals surface area contributed by atoms with Crippen molar-refractivity contribution in [3.8, 4) is 5.75 Å². The van der Waals surface area contributed by atoms with Gasteiger partial charge in [-0.15, -0.1) is 11.3 Å². The van der Waals surface area contributed by atoms with Gasteiger partial charge in [-0.25, -0.2) is 0 Å². The van der Waals surface area contributed by atoms with Crippen LogP contribution in [0.25, 0.3) is 0 Å². The topological polar surface area (TPSA) is 29.5 Å². The number of ketones is 1. The number of carbonyl (C=O) groups is 1. The molecule has 0 amide bonds. The number of carbonyl (C=O) groups excluding carboxylic acids is 1. The summed E-state index contributed by atoms with van der Waals surface area (Å²) in [5.41, 5.74) is 0.728. The molecule has 0 aliphatic rings. The summed E-state index contributed by atoms with van der Waals surface area (Å²) < 4.78 is 5.11. The lowest BCUT2D eigenvalue weighted by Crippen LogP contribution is -2.35. The van der Waals surface area contributed by atoms with Crippen molar-refractivity contribution in [1.29, 1.82) is 0 Å². The largest absolute Gasteiger partial charge is 0.497 e. The lowest BCUT2D eigenvalue weighted by Gasteiger charge is -2.23. The number of Topliss-reactive ketones (excluding diaryl/α,β-unsaturated/α-hetero) is 1. The van der Waals surface area contributed by atoms with Crippen molar-refractivity contribution < 1.29 is 9.53 Å². The molecule has 1 atom stereocenters. The van der Waals surface area contributed by atoms with Gasteiger partial charge in [0.25, 0.3) is 0 Å². The molecule has 21 heavy (non-hydrogen) atoms. The summed E-state index contributed by atoms with van der Waals surface area (Å²) in [7, 11) is 3.62. The molecule has 3 nitrogen and oxygen atoms in total. The minimum atomic E-state index is 0.137. The lowest BCUT2D eigenvalue weighted by molar-refractivity contribution is 0.0924. The molecule has 0 spiro atoms. The van der Waals surface area contributed by atoms with Crippen LogP contribution in [0.3, 0.4) is 0 Å². The number of likely N-dealkylation sites (N-methyl/N-ethyl adjacent to an activating group) is 1. The Kier molecular flexibility index (Phi) is 5.53. The number of ether oxygens (including phenoxy) is 1. The van der Waals surface area contributed by atoms with Gasteiger partial charge in [-0.3, -0.25) is 9.69 Å². The highest BCUT2D eigenvalue weighted by Gasteiger charge is 2.15. The molecule has 1 aromatic heterocycles. The number of rotatable bonds is 7. The Hall–Kier alpha value is -1.65. The number of nitrogens with zero attached hydrogens (tertiary/aromatic N) is 1. The van der Waals surface area contributed by atoms with E-state index in [1.54, 1.807) is 18.4 Å². The molecule has 1 heterocycles. The minimum Gasteiger partial charge on any atom is -0.497 e. The first-order valence-corrected chi connectivity index (χ1v) is 7.88. The average Bonchev–Trinajstić information content (AvgIpc) is 3.00. The number of hydrogen-bond donors (Lipinski definition) is 0. The maximum atomic E-state index is 12.3. The zero-order valence-corrected chi connectivity index (χ0v) is 13.5. The monoisotopic (exact) mass is 303 g/mol. The Morgan fingerprint density at radius 1 is 1.29 bits per heavy atom. The van der Waals surface area contributed by atoms with E-state index in [1.807, 2.05) is 31.3 Å². The van der Waals surface area contributed by atoms with E-state index in [0.717, 1.165) is 17.7 Å². The minimum absolute atomic E-state index is 0.137. The van der Waals surface area contributed by atoms with Crippen LogP contribution >= 0.6 is 11.3 Å². The van der Waals surface area contributed by atoms with Gasteiger partial charge in [-0.2, -0.15) is 0 Å². The fraction of sp³-hybridized carbons (Fsp3) is 0.353. The molecule has 1 aromatic carbocycles. The molecule has 0 saturated carbocycles. The normalized spacial score (nSPS) is 12.4. The van der Waals surface area contributed by atoms with Gasteiger partial charge in [0.1, 0.15) is 5.75 Å². The first-order chi connectivity index (χ1) is 10.1. The molecule has 1 unspecified atom stereocenters. The van der Waals surface area contributed by atoms with Crippen LogP contribution < -0.4 is 4.74 Å². The molecule has 2 aromatic rings. The van der Waals surface area contributed by atoms with E-state index in [1.165, 1.54) is 4.88 Å². The summed E-state index contributed by atoms with van der Waals surface area (Å²) in [5, 5.41) is 2.09. The highest BCUT2D eigenvalue weighted by atomic mass is 32.1. The predicted octanol–water partition coefficient (Wildman–Crippen LogP) is 3.50. The van der Waals surface area contributed by atoms with Crippen LogP contribution in [-0.2, 0) is 6.42 Å². The van der Waals surface area contributed by atoms with E-state index in [2.05, 4.69) is 29.3 Å². The van der Waals surface area contributed by atoms with Crippen molar-refractivity contribution in [3.05, 3.63) is 52.2 Å². The molecular formula is C17H21NO2S. The Labute approximate surface area is 130 Å². The fourth-order valence-corrected chi connectivity index (χ4v) is 2.95. The highest BCUT2D eigenvalue weighted by molar-refractivity contribution is 7.09. The predicted molar refractivity (Wildman–Crippen MR) is 87.4 cm³/mol. The zero-order valence-electron chi connectivity index (χ0n) is 12.7. The molecule has 0 aliphatic heterocycles. The second kappa shape index (κ2) is 7.38. The van der Waals surface area contributed by atoms with Crippen LogP contribution in [0.5, 0.6) is 5.75 Å². The molecule has 0 aliphatic carbocycles. The Morgan fingerprint density at radius 3 is 2.57 bits per heavy atom. The SMILES string of the molecule is COc1ccc(C(=O)CN(C)C(C)Cc2cccs2)cc1. The number of hydrogen-bond acceptors (Lipinski definition) is 4. The molecule has 4 heteroatoms. The van der Waals surface area contributed by atoms with Crippen molar-refractivity contribution in [3.63, 3.8) is 0 Å². The summed E-state index contributed by atoms with van der Waals surface area (Å²) in [6, 6.07) is 11.8. The van der Waals surface area contributed by atoms with E-state index in [-0.39, 0.29) is 5.78 Å². The number of methoxy groups -OCH3 is 1. The van der Waals surface area contributed by atoms with Gasteiger partial charge in [-0.05, 0) is 56.1 Å². The average molecular weight is 303 g/mol. The van der Waals surface area contributed by atoms with Gasteiger partial charge in [0.2, 0.25) is 0 Å². The number of benzene rings is 1. The third kappa shape index (κ3) is 4.41. The van der Waals surface area contributed by atoms with Crippen LogP contribution in [0, 0.1) is 0 Å². The summed E-state index contributed by atoms with van der Waals surface area (Å²) >= 11 is 1.76. The highest BCUT2D eigenvalue weighted by Crippen LogP contribution is 2.15. The lowest BCUT2D eigenvalue weighted by atomic mass is 10.1. The maximum Gasteiger partial charge on any atom is 0.176 e. The third-order valence-electron chi connectivity index (χ3n) is 3.63. The molecule has 0 bridgehead atoms. The van der Waals surface area contributed by atoms with E-state index in [0.29, 0.717) is 12.6 Å². The van der Waals surface area contributed by atoms with E-state index < -0.39 is 0 Å². The molecule has 0 fully saturated rings. The Bertz CT molecular complexity index is 563. The molecule has 0 saturated heterocycles. The Balaban J connectivity index is 1.91.